The molecule has 0 radical (unpaired) electrons. The van der Waals surface area contributed by atoms with Crippen LogP contribution in [-0.4, -0.2) is 33.7 Å². The lowest BCUT2D eigenvalue weighted by Crippen LogP contribution is -2.36. The number of amides is 1. The maximum absolute atomic E-state index is 12.8. The first-order valence-corrected chi connectivity index (χ1v) is 7.70. The van der Waals surface area contributed by atoms with Crippen LogP contribution in [0.4, 0.5) is 5.69 Å². The zero-order valence-corrected chi connectivity index (χ0v) is 12.4. The van der Waals surface area contributed by atoms with E-state index in [1.54, 1.807) is 4.68 Å². The highest BCUT2D eigenvalue weighted by Gasteiger charge is 2.33. The highest BCUT2D eigenvalue weighted by molar-refractivity contribution is 5.98. The van der Waals surface area contributed by atoms with E-state index < -0.39 is 0 Å². The monoisotopic (exact) mass is 276 g/mol. The minimum absolute atomic E-state index is 0.0657. The van der Waals surface area contributed by atoms with Gasteiger partial charge in [-0.1, -0.05) is 6.92 Å². The first-order chi connectivity index (χ1) is 9.60. The second kappa shape index (κ2) is 5.11. The summed E-state index contributed by atoms with van der Waals surface area (Å²) in [6.07, 6.45) is 5.80. The Labute approximate surface area is 120 Å². The van der Waals surface area contributed by atoms with Gasteiger partial charge in [0.1, 0.15) is 5.69 Å². The summed E-state index contributed by atoms with van der Waals surface area (Å²) in [5.74, 6) is 1.48. The maximum atomic E-state index is 12.8. The molecule has 0 saturated heterocycles. The lowest BCUT2D eigenvalue weighted by Gasteiger charge is -2.22. The molecule has 1 aromatic rings. The first kappa shape index (κ1) is 13.5. The average Bonchev–Trinajstić information content (AvgIpc) is 3.31. The molecule has 5 heteroatoms. The first-order valence-electron chi connectivity index (χ1n) is 7.70. The summed E-state index contributed by atoms with van der Waals surface area (Å²) in [6.45, 7) is 3.79. The third-order valence-corrected chi connectivity index (χ3v) is 4.34. The van der Waals surface area contributed by atoms with E-state index >= 15 is 0 Å². The molecular weight excluding hydrogens is 252 g/mol. The molecule has 20 heavy (non-hydrogen) atoms. The summed E-state index contributed by atoms with van der Waals surface area (Å²) < 4.78 is 1.66. The van der Waals surface area contributed by atoms with Crippen LogP contribution in [-0.2, 0) is 13.5 Å². The van der Waals surface area contributed by atoms with Gasteiger partial charge in [0.2, 0.25) is 0 Å². The van der Waals surface area contributed by atoms with Crippen LogP contribution in [0.25, 0.3) is 0 Å². The molecule has 2 N–H and O–H groups in total. The number of aromatic nitrogens is 2. The fraction of sp³-hybridized carbons (Fsp3) is 0.733. The number of rotatable bonds is 6. The third kappa shape index (κ3) is 2.67. The van der Waals surface area contributed by atoms with Crippen molar-refractivity contribution in [1.82, 2.24) is 14.7 Å². The molecule has 0 atom stereocenters. The van der Waals surface area contributed by atoms with Crippen molar-refractivity contribution in [1.29, 1.82) is 0 Å². The van der Waals surface area contributed by atoms with Crippen molar-refractivity contribution in [2.24, 2.45) is 18.9 Å². The normalized spacial score (nSPS) is 18.3. The van der Waals surface area contributed by atoms with E-state index in [1.165, 1.54) is 25.7 Å². The molecule has 1 amide bonds. The molecule has 110 valence electrons. The molecular formula is C15H24N4O. The number of carbonyl (C=O) groups excluding carboxylic acids is 1. The van der Waals surface area contributed by atoms with Gasteiger partial charge in [-0.15, -0.1) is 0 Å². The molecule has 0 aromatic carbocycles. The molecule has 0 bridgehead atoms. The van der Waals surface area contributed by atoms with Gasteiger partial charge in [0.25, 0.3) is 5.91 Å². The van der Waals surface area contributed by atoms with Crippen molar-refractivity contribution in [3.63, 3.8) is 0 Å². The van der Waals surface area contributed by atoms with E-state index in [-0.39, 0.29) is 5.91 Å². The summed E-state index contributed by atoms with van der Waals surface area (Å²) in [5.41, 5.74) is 8.08. The van der Waals surface area contributed by atoms with Gasteiger partial charge in [-0.2, -0.15) is 5.10 Å². The molecule has 0 spiro atoms. The molecule has 2 fully saturated rings. The van der Waals surface area contributed by atoms with Crippen LogP contribution in [0.3, 0.4) is 0 Å². The molecule has 5 nitrogen and oxygen atoms in total. The Bertz CT molecular complexity index is 500. The smallest absolute Gasteiger partial charge is 0.274 e. The molecule has 3 rings (SSSR count). The van der Waals surface area contributed by atoms with Crippen molar-refractivity contribution in [3.05, 3.63) is 11.4 Å². The quantitative estimate of drug-likeness (QED) is 0.862. The zero-order valence-electron chi connectivity index (χ0n) is 12.4. The molecule has 0 unspecified atom stereocenters. The number of carbonyl (C=O) groups is 1. The number of hydrogen-bond acceptors (Lipinski definition) is 3. The number of nitrogens with zero attached hydrogens (tertiary/aromatic N) is 3. The Balaban J connectivity index is 1.81. The molecule has 2 saturated carbocycles. The van der Waals surface area contributed by atoms with Crippen LogP contribution < -0.4 is 5.73 Å². The Morgan fingerprint density at radius 3 is 2.25 bits per heavy atom. The largest absolute Gasteiger partial charge is 0.395 e. The second-order valence-electron chi connectivity index (χ2n) is 6.28. The predicted molar refractivity (Wildman–Crippen MR) is 78.3 cm³/mol. The van der Waals surface area contributed by atoms with E-state index in [1.807, 2.05) is 18.9 Å². The highest BCUT2D eigenvalue weighted by atomic mass is 16.2. The van der Waals surface area contributed by atoms with E-state index in [4.69, 9.17) is 5.73 Å². The number of anilines is 1. The van der Waals surface area contributed by atoms with Gasteiger partial charge in [-0.05, 0) is 43.9 Å². The van der Waals surface area contributed by atoms with Crippen LogP contribution in [0.5, 0.6) is 0 Å². The lowest BCUT2D eigenvalue weighted by molar-refractivity contribution is 0.0729. The van der Waals surface area contributed by atoms with E-state index in [0.717, 1.165) is 25.2 Å². The SMILES string of the molecule is CCc1nn(C)c(C(=O)N(CC2CC2)CC2CC2)c1N. The van der Waals surface area contributed by atoms with Gasteiger partial charge >= 0.3 is 0 Å². The number of aryl methyl sites for hydroxylation is 2. The number of hydrogen-bond donors (Lipinski definition) is 1. The number of nitrogen functional groups attached to an aromatic ring is 1. The zero-order chi connectivity index (χ0) is 14.3. The average molecular weight is 276 g/mol. The standard InChI is InChI=1S/C15H24N4O/c1-3-12-13(16)14(18(2)17-12)15(20)19(8-10-4-5-10)9-11-6-7-11/h10-11H,3-9,16H2,1-2H3. The topological polar surface area (TPSA) is 64.2 Å². The van der Waals surface area contributed by atoms with Crippen molar-refractivity contribution < 1.29 is 4.79 Å². The van der Waals surface area contributed by atoms with Crippen LogP contribution in [0.15, 0.2) is 0 Å². The van der Waals surface area contributed by atoms with Gasteiger partial charge in [0.15, 0.2) is 0 Å². The Morgan fingerprint density at radius 2 is 1.85 bits per heavy atom. The predicted octanol–water partition coefficient (Wildman–Crippen LogP) is 1.83. The molecule has 1 heterocycles. The molecule has 1 aromatic heterocycles. The second-order valence-corrected chi connectivity index (χ2v) is 6.28. The van der Waals surface area contributed by atoms with Crippen LogP contribution in [0.2, 0.25) is 0 Å². The Kier molecular flexibility index (Phi) is 3.44. The van der Waals surface area contributed by atoms with Gasteiger partial charge in [0.05, 0.1) is 11.4 Å². The van der Waals surface area contributed by atoms with Crippen molar-refractivity contribution >= 4 is 11.6 Å². The van der Waals surface area contributed by atoms with Crippen molar-refractivity contribution in [3.8, 4) is 0 Å². The molecule has 2 aliphatic carbocycles. The summed E-state index contributed by atoms with van der Waals surface area (Å²) >= 11 is 0. The minimum atomic E-state index is 0.0657. The summed E-state index contributed by atoms with van der Waals surface area (Å²) in [4.78, 5) is 14.8. The van der Waals surface area contributed by atoms with Crippen molar-refractivity contribution in [2.45, 2.75) is 39.0 Å². The minimum Gasteiger partial charge on any atom is -0.395 e. The van der Waals surface area contributed by atoms with Gasteiger partial charge < -0.3 is 10.6 Å². The highest BCUT2D eigenvalue weighted by Crippen LogP contribution is 2.34. The third-order valence-electron chi connectivity index (χ3n) is 4.34. The summed E-state index contributed by atoms with van der Waals surface area (Å²) in [5, 5.41) is 4.37. The summed E-state index contributed by atoms with van der Waals surface area (Å²) in [6, 6.07) is 0. The van der Waals surface area contributed by atoms with Crippen LogP contribution in [0, 0.1) is 11.8 Å². The Morgan fingerprint density at radius 1 is 1.30 bits per heavy atom. The summed E-state index contributed by atoms with van der Waals surface area (Å²) in [7, 11) is 1.81. The van der Waals surface area contributed by atoms with Crippen LogP contribution >= 0.6 is 0 Å². The Hall–Kier alpha value is -1.52. The van der Waals surface area contributed by atoms with Gasteiger partial charge in [-0.3, -0.25) is 9.48 Å². The molecule has 0 aliphatic heterocycles. The molecule has 2 aliphatic rings. The van der Waals surface area contributed by atoms with Gasteiger partial charge in [-0.25, -0.2) is 0 Å². The fourth-order valence-corrected chi connectivity index (χ4v) is 2.73. The van der Waals surface area contributed by atoms with E-state index in [0.29, 0.717) is 23.2 Å². The number of nitrogens with two attached hydrogens (primary N) is 1. The van der Waals surface area contributed by atoms with Crippen molar-refractivity contribution in [2.75, 3.05) is 18.8 Å². The van der Waals surface area contributed by atoms with E-state index in [2.05, 4.69) is 5.10 Å². The van der Waals surface area contributed by atoms with Crippen LogP contribution in [0.1, 0.15) is 48.8 Å². The fourth-order valence-electron chi connectivity index (χ4n) is 2.73. The maximum Gasteiger partial charge on any atom is 0.274 e. The lowest BCUT2D eigenvalue weighted by atomic mass is 10.2. The van der Waals surface area contributed by atoms with Gasteiger partial charge in [0, 0.05) is 20.1 Å². The van der Waals surface area contributed by atoms with E-state index in [9.17, 15) is 4.79 Å².